The number of nitrogens with one attached hydrogen (secondary N) is 1. The molecule has 1 saturated heterocycles. The lowest BCUT2D eigenvalue weighted by Gasteiger charge is -2.33. The van der Waals surface area contributed by atoms with E-state index in [1.54, 1.807) is 37.3 Å². The quantitative estimate of drug-likeness (QED) is 0.298. The van der Waals surface area contributed by atoms with Gasteiger partial charge in [-0.15, -0.1) is 0 Å². The Morgan fingerprint density at radius 3 is 2.41 bits per heavy atom. The third-order valence-corrected chi connectivity index (χ3v) is 10.1. The summed E-state index contributed by atoms with van der Waals surface area (Å²) in [6.07, 6.45) is 3.55. The van der Waals surface area contributed by atoms with Crippen LogP contribution in [-0.2, 0) is 14.8 Å². The second-order valence-electron chi connectivity index (χ2n) is 10.9. The average Bonchev–Trinajstić information content (AvgIpc) is 3.37. The summed E-state index contributed by atoms with van der Waals surface area (Å²) < 4.78 is 37.7. The van der Waals surface area contributed by atoms with Crippen LogP contribution < -0.4 is 9.62 Å². The molecule has 2 aliphatic carbocycles. The molecule has 3 fully saturated rings. The minimum absolute atomic E-state index is 0.104. The molecule has 3 atom stereocenters. The van der Waals surface area contributed by atoms with Gasteiger partial charge in [0.2, 0.25) is 10.0 Å². The zero-order chi connectivity index (χ0) is 28.9. The number of benzene rings is 2. The van der Waals surface area contributed by atoms with E-state index in [9.17, 15) is 18.0 Å². The minimum atomic E-state index is -3.65. The predicted molar refractivity (Wildman–Crippen MR) is 155 cm³/mol. The summed E-state index contributed by atoms with van der Waals surface area (Å²) in [5, 5.41) is 4.96. The van der Waals surface area contributed by atoms with Crippen LogP contribution in [0.3, 0.4) is 0 Å². The van der Waals surface area contributed by atoms with Gasteiger partial charge in [-0.2, -0.15) is 0 Å². The maximum atomic E-state index is 13.6. The fourth-order valence-electron chi connectivity index (χ4n) is 5.91. The number of halogens is 2. The Morgan fingerprint density at radius 1 is 1.10 bits per heavy atom. The molecular weight excluding hydrogens is 589 g/mol. The minimum Gasteiger partial charge on any atom is -0.458 e. The number of piperidine rings is 1. The van der Waals surface area contributed by atoms with Gasteiger partial charge >= 0.3 is 5.97 Å². The summed E-state index contributed by atoms with van der Waals surface area (Å²) in [7, 11) is -3.65. The number of ether oxygens (including phenoxy) is 1. The number of aromatic nitrogens is 1. The second-order valence-corrected chi connectivity index (χ2v) is 13.6. The third kappa shape index (κ3) is 5.57. The van der Waals surface area contributed by atoms with Crippen molar-refractivity contribution in [3.63, 3.8) is 0 Å². The van der Waals surface area contributed by atoms with E-state index in [0.29, 0.717) is 52.0 Å². The maximum Gasteiger partial charge on any atom is 0.344 e. The van der Waals surface area contributed by atoms with Crippen molar-refractivity contribution in [2.24, 2.45) is 5.92 Å². The van der Waals surface area contributed by atoms with Gasteiger partial charge < -0.3 is 14.2 Å². The van der Waals surface area contributed by atoms with E-state index < -0.39 is 21.9 Å². The molecule has 1 amide bonds. The predicted octanol–water partition coefficient (Wildman–Crippen LogP) is 5.82. The number of anilines is 1. The molecule has 2 saturated carbocycles. The van der Waals surface area contributed by atoms with Crippen molar-refractivity contribution in [1.29, 1.82) is 0 Å². The van der Waals surface area contributed by atoms with Crippen LogP contribution >= 0.6 is 23.2 Å². The first-order chi connectivity index (χ1) is 19.6. The first-order valence-electron chi connectivity index (χ1n) is 13.7. The maximum absolute atomic E-state index is 13.6. The summed E-state index contributed by atoms with van der Waals surface area (Å²) in [5.41, 5.74) is 2.28. The van der Waals surface area contributed by atoms with Crippen LogP contribution in [0.1, 0.15) is 71.4 Å². The molecule has 1 unspecified atom stereocenters. The number of amides is 1. The Morgan fingerprint density at radius 2 is 1.80 bits per heavy atom. The Labute approximate surface area is 248 Å². The zero-order valence-corrected chi connectivity index (χ0v) is 24.6. The molecule has 2 heterocycles. The molecule has 6 rings (SSSR count). The van der Waals surface area contributed by atoms with Crippen molar-refractivity contribution in [3.8, 4) is 11.3 Å². The van der Waals surface area contributed by atoms with Gasteiger partial charge in [0.05, 0.1) is 15.8 Å². The molecule has 41 heavy (non-hydrogen) atoms. The Hall–Kier alpha value is -3.08. The molecule has 0 spiro atoms. The third-order valence-electron chi connectivity index (χ3n) is 7.99. The molecule has 216 valence electrons. The number of hydrogen-bond acceptors (Lipinski definition) is 8. The number of hydrogen-bond donors (Lipinski definition) is 1. The van der Waals surface area contributed by atoms with E-state index in [1.807, 2.05) is 12.1 Å². The van der Waals surface area contributed by atoms with E-state index >= 15 is 0 Å². The van der Waals surface area contributed by atoms with Crippen LogP contribution in [0.4, 0.5) is 5.69 Å². The van der Waals surface area contributed by atoms with Crippen LogP contribution in [0.5, 0.6) is 0 Å². The Kier molecular flexibility index (Phi) is 7.50. The fourth-order valence-corrected chi connectivity index (χ4v) is 7.52. The summed E-state index contributed by atoms with van der Waals surface area (Å²) in [6, 6.07) is 12.2. The SMILES string of the molecule is CCCS(=O)(=O)NC(=O)c1ccc(N2C[C@@H]3C[C@H]2CC3OC(=O)c2c(-c3c(Cl)cccc3Cl)noc2C2CC2)cc1. The zero-order valence-electron chi connectivity index (χ0n) is 22.3. The van der Waals surface area contributed by atoms with Gasteiger partial charge in [0.25, 0.3) is 5.91 Å². The van der Waals surface area contributed by atoms with Crippen molar-refractivity contribution < 1.29 is 27.3 Å². The number of rotatable bonds is 9. The summed E-state index contributed by atoms with van der Waals surface area (Å²) >= 11 is 12.9. The molecular formula is C29H29Cl2N3O6S. The van der Waals surface area contributed by atoms with Gasteiger partial charge in [0.1, 0.15) is 17.4 Å². The highest BCUT2D eigenvalue weighted by Gasteiger charge is 2.47. The second kappa shape index (κ2) is 11.0. The van der Waals surface area contributed by atoms with Crippen molar-refractivity contribution >= 4 is 50.8 Å². The summed E-state index contributed by atoms with van der Waals surface area (Å²) in [4.78, 5) is 28.2. The van der Waals surface area contributed by atoms with Crippen LogP contribution in [0, 0.1) is 5.92 Å². The number of carbonyl (C=O) groups excluding carboxylic acids is 2. The monoisotopic (exact) mass is 617 g/mol. The first kappa shape index (κ1) is 28.1. The highest BCUT2D eigenvalue weighted by molar-refractivity contribution is 7.90. The molecule has 1 aliphatic heterocycles. The van der Waals surface area contributed by atoms with E-state index in [1.165, 1.54) is 0 Å². The van der Waals surface area contributed by atoms with E-state index in [4.69, 9.17) is 32.5 Å². The molecule has 1 N–H and O–H groups in total. The lowest BCUT2D eigenvalue weighted by Crippen LogP contribution is -2.39. The number of carbonyl (C=O) groups is 2. The molecule has 9 nitrogen and oxygen atoms in total. The Bertz CT molecular complexity index is 1580. The smallest absolute Gasteiger partial charge is 0.344 e. The largest absolute Gasteiger partial charge is 0.458 e. The molecule has 2 bridgehead atoms. The highest BCUT2D eigenvalue weighted by Crippen LogP contribution is 2.47. The standard InChI is InChI=1S/C29H29Cl2N3O6S/c1-2-12-41(37,38)33-28(35)17-8-10-19(11-9-17)34-15-18-13-20(34)14-23(18)39-29(36)25-26(32-40-27(25)16-6-7-16)24-21(30)4-3-5-22(24)31/h3-5,8-11,16,18,20,23H,2,6-7,12-15H2,1H3,(H,33,35)/t18-,20-,23?/m0/s1. The van der Waals surface area contributed by atoms with Gasteiger partial charge in [-0.25, -0.2) is 17.9 Å². The van der Waals surface area contributed by atoms with Crippen LogP contribution in [-0.4, -0.2) is 49.9 Å². The van der Waals surface area contributed by atoms with E-state index in [2.05, 4.69) is 14.8 Å². The lowest BCUT2D eigenvalue weighted by atomic mass is 10.0. The average molecular weight is 619 g/mol. The van der Waals surface area contributed by atoms with Crippen LogP contribution in [0.25, 0.3) is 11.3 Å². The molecule has 12 heteroatoms. The van der Waals surface area contributed by atoms with Gasteiger partial charge in [0, 0.05) is 47.7 Å². The number of esters is 1. The molecule has 3 aliphatic rings. The topological polar surface area (TPSA) is 119 Å². The number of fused-ring (bicyclic) bond motifs is 2. The fraction of sp³-hybridized carbons (Fsp3) is 0.414. The molecule has 2 aromatic carbocycles. The number of sulfonamides is 1. The van der Waals surface area contributed by atoms with Gasteiger partial charge in [-0.1, -0.05) is 41.3 Å². The Balaban J connectivity index is 1.14. The van der Waals surface area contributed by atoms with Crippen LogP contribution in [0.2, 0.25) is 10.0 Å². The van der Waals surface area contributed by atoms with Gasteiger partial charge in [0.15, 0.2) is 5.76 Å². The van der Waals surface area contributed by atoms with Gasteiger partial charge in [-0.3, -0.25) is 4.79 Å². The van der Waals surface area contributed by atoms with Gasteiger partial charge in [-0.05, 0) is 62.1 Å². The molecule has 0 radical (unpaired) electrons. The summed E-state index contributed by atoms with van der Waals surface area (Å²) in [6.45, 7) is 2.43. The molecule has 3 aromatic rings. The molecule has 1 aromatic heterocycles. The van der Waals surface area contributed by atoms with Crippen molar-refractivity contribution in [1.82, 2.24) is 9.88 Å². The van der Waals surface area contributed by atoms with Crippen molar-refractivity contribution in [2.75, 3.05) is 17.2 Å². The highest BCUT2D eigenvalue weighted by atomic mass is 35.5. The van der Waals surface area contributed by atoms with E-state index in [0.717, 1.165) is 24.9 Å². The van der Waals surface area contributed by atoms with Crippen molar-refractivity contribution in [2.45, 2.75) is 57.1 Å². The first-order valence-corrected chi connectivity index (χ1v) is 16.1. The summed E-state index contributed by atoms with van der Waals surface area (Å²) in [5.74, 6) is -0.422. The normalized spacial score (nSPS) is 21.7. The van der Waals surface area contributed by atoms with E-state index in [-0.39, 0.29) is 35.3 Å². The lowest BCUT2D eigenvalue weighted by molar-refractivity contribution is 0.0191. The van der Waals surface area contributed by atoms with Crippen molar-refractivity contribution in [3.05, 3.63) is 69.4 Å². The van der Waals surface area contributed by atoms with Crippen LogP contribution in [0.15, 0.2) is 47.0 Å². The number of nitrogens with zero attached hydrogens (tertiary/aromatic N) is 2.